The molecule has 0 aromatic heterocycles. The van der Waals surface area contributed by atoms with Gasteiger partial charge in [0, 0.05) is 54.0 Å². The van der Waals surface area contributed by atoms with E-state index in [1.165, 1.54) is 0 Å². The van der Waals surface area contributed by atoms with Gasteiger partial charge in [-0.3, -0.25) is 9.69 Å². The Morgan fingerprint density at radius 1 is 0.881 bits per heavy atom. The summed E-state index contributed by atoms with van der Waals surface area (Å²) in [5.74, 6) is 1.77. The lowest BCUT2D eigenvalue weighted by atomic mass is 9.90. The number of carbonyl (C=O) groups excluding carboxylic acids is 1. The molecule has 42 heavy (non-hydrogen) atoms. The monoisotopic (exact) mass is 560 g/mol. The zero-order valence-corrected chi connectivity index (χ0v) is 23.7. The Balaban J connectivity index is 1.10. The Kier molecular flexibility index (Phi) is 8.93. The van der Waals surface area contributed by atoms with E-state index in [9.17, 15) is 4.79 Å². The number of nitrogens with one attached hydrogen (secondary N) is 1. The van der Waals surface area contributed by atoms with Crippen molar-refractivity contribution in [3.63, 3.8) is 0 Å². The standard InChI is InChI=1S/C36H36N2O4/c39-36(30-12-6-10-28(24-30)29-11-7-13-31(25-29)42-26-27-8-2-1-3-9-27)37-34-16-17-35(33-15-5-4-14-32(33)34)41-23-20-38-18-21-40-22-19-38/h1-17,24,29H,18-23,25-26H2,(H,37,39). The summed E-state index contributed by atoms with van der Waals surface area (Å²) in [4.78, 5) is 15.8. The van der Waals surface area contributed by atoms with Gasteiger partial charge in [-0.15, -0.1) is 0 Å². The molecule has 6 heteroatoms. The molecule has 1 atom stereocenters. The Morgan fingerprint density at radius 3 is 2.55 bits per heavy atom. The maximum atomic E-state index is 13.4. The summed E-state index contributed by atoms with van der Waals surface area (Å²) in [6.45, 7) is 5.44. The van der Waals surface area contributed by atoms with Crippen LogP contribution in [0.1, 0.15) is 33.8 Å². The molecule has 2 aliphatic rings. The van der Waals surface area contributed by atoms with E-state index in [1.54, 1.807) is 0 Å². The molecular formula is C36H36N2O4. The Bertz CT molecular complexity index is 1570. The first-order valence-electron chi connectivity index (χ1n) is 14.6. The molecule has 1 saturated heterocycles. The van der Waals surface area contributed by atoms with Crippen LogP contribution in [0.15, 0.2) is 115 Å². The van der Waals surface area contributed by atoms with Gasteiger partial charge in [0.1, 0.15) is 19.0 Å². The SMILES string of the molecule is O=C(Nc1ccc(OCCN2CCOCC2)c2ccccc12)c1cccc(C2C=CC=C(OCc3ccccc3)C2)c1. The Labute approximate surface area is 247 Å². The molecule has 1 aliphatic carbocycles. The van der Waals surface area contributed by atoms with Crippen LogP contribution in [0.3, 0.4) is 0 Å². The predicted molar refractivity (Wildman–Crippen MR) is 167 cm³/mol. The molecule has 214 valence electrons. The number of carbonyl (C=O) groups is 1. The lowest BCUT2D eigenvalue weighted by Crippen LogP contribution is -2.38. The molecular weight excluding hydrogens is 524 g/mol. The normalized spacial score (nSPS) is 17.0. The molecule has 6 nitrogen and oxygen atoms in total. The third kappa shape index (κ3) is 6.90. The number of fused-ring (bicyclic) bond motifs is 1. The summed E-state index contributed by atoms with van der Waals surface area (Å²) in [7, 11) is 0. The highest BCUT2D eigenvalue weighted by Gasteiger charge is 2.18. The van der Waals surface area contributed by atoms with Gasteiger partial charge in [0.2, 0.25) is 0 Å². The van der Waals surface area contributed by atoms with E-state index >= 15 is 0 Å². The summed E-state index contributed by atoms with van der Waals surface area (Å²) in [5.41, 5.74) is 3.61. The smallest absolute Gasteiger partial charge is 0.255 e. The quantitative estimate of drug-likeness (QED) is 0.228. The number of nitrogens with zero attached hydrogens (tertiary/aromatic N) is 1. The van der Waals surface area contributed by atoms with Crippen LogP contribution in [0.25, 0.3) is 10.8 Å². The highest BCUT2D eigenvalue weighted by molar-refractivity contribution is 6.10. The lowest BCUT2D eigenvalue weighted by Gasteiger charge is -2.26. The van der Waals surface area contributed by atoms with Gasteiger partial charge in [0.15, 0.2) is 0 Å². The summed E-state index contributed by atoms with van der Waals surface area (Å²) in [6.07, 6.45) is 6.98. The predicted octanol–water partition coefficient (Wildman–Crippen LogP) is 6.95. The van der Waals surface area contributed by atoms with Crippen LogP contribution in [-0.2, 0) is 16.1 Å². The van der Waals surface area contributed by atoms with E-state index in [0.29, 0.717) is 18.8 Å². The van der Waals surface area contributed by atoms with Crippen molar-refractivity contribution in [1.29, 1.82) is 0 Å². The first kappa shape index (κ1) is 27.8. The minimum Gasteiger partial charge on any atom is -0.493 e. The van der Waals surface area contributed by atoms with Crippen molar-refractivity contribution in [3.05, 3.63) is 132 Å². The van der Waals surface area contributed by atoms with E-state index in [-0.39, 0.29) is 11.8 Å². The van der Waals surface area contributed by atoms with Crippen LogP contribution in [-0.4, -0.2) is 50.3 Å². The Hall–Kier alpha value is -4.39. The van der Waals surface area contributed by atoms with Crippen LogP contribution in [0.2, 0.25) is 0 Å². The van der Waals surface area contributed by atoms with Crippen LogP contribution in [0.4, 0.5) is 5.69 Å². The average Bonchev–Trinajstić information content (AvgIpc) is 3.06. The maximum Gasteiger partial charge on any atom is 0.255 e. The van der Waals surface area contributed by atoms with Crippen molar-refractivity contribution in [2.24, 2.45) is 0 Å². The third-order valence-electron chi connectivity index (χ3n) is 7.79. The molecule has 6 rings (SSSR count). The first-order valence-corrected chi connectivity index (χ1v) is 14.6. The lowest BCUT2D eigenvalue weighted by molar-refractivity contribution is 0.0323. The minimum atomic E-state index is -0.140. The van der Waals surface area contributed by atoms with Crippen molar-refractivity contribution in [2.45, 2.75) is 18.9 Å². The van der Waals surface area contributed by atoms with Gasteiger partial charge in [-0.2, -0.15) is 0 Å². The summed E-state index contributed by atoms with van der Waals surface area (Å²) < 4.78 is 17.7. The van der Waals surface area contributed by atoms with Crippen molar-refractivity contribution < 1.29 is 19.0 Å². The van der Waals surface area contributed by atoms with Crippen molar-refractivity contribution in [2.75, 3.05) is 44.8 Å². The second kappa shape index (κ2) is 13.5. The molecule has 0 saturated carbocycles. The van der Waals surface area contributed by atoms with E-state index < -0.39 is 0 Å². The van der Waals surface area contributed by atoms with E-state index in [4.69, 9.17) is 14.2 Å². The highest BCUT2D eigenvalue weighted by atomic mass is 16.5. The number of amides is 1. The van der Waals surface area contributed by atoms with Gasteiger partial charge in [-0.1, -0.05) is 78.9 Å². The molecule has 4 aromatic carbocycles. The van der Waals surface area contributed by atoms with Crippen LogP contribution < -0.4 is 10.1 Å². The number of allylic oxidation sites excluding steroid dienone is 4. The fourth-order valence-electron chi connectivity index (χ4n) is 5.46. The van der Waals surface area contributed by atoms with Gasteiger partial charge < -0.3 is 19.5 Å². The molecule has 4 aromatic rings. The van der Waals surface area contributed by atoms with Gasteiger partial charge >= 0.3 is 0 Å². The van der Waals surface area contributed by atoms with Crippen LogP contribution >= 0.6 is 0 Å². The molecule has 1 amide bonds. The second-order valence-corrected chi connectivity index (χ2v) is 10.6. The number of hydrogen-bond acceptors (Lipinski definition) is 5. The molecule has 1 heterocycles. The van der Waals surface area contributed by atoms with E-state index in [2.05, 4.69) is 34.5 Å². The van der Waals surface area contributed by atoms with Gasteiger partial charge in [-0.05, 0) is 41.5 Å². The fraction of sp³-hybridized carbons (Fsp3) is 0.250. The van der Waals surface area contributed by atoms with Gasteiger partial charge in [0.25, 0.3) is 5.91 Å². The topological polar surface area (TPSA) is 60.0 Å². The molecule has 1 aliphatic heterocycles. The van der Waals surface area contributed by atoms with E-state index in [0.717, 1.165) is 78.4 Å². The minimum absolute atomic E-state index is 0.140. The van der Waals surface area contributed by atoms with Gasteiger partial charge in [0.05, 0.1) is 19.0 Å². The molecule has 0 bridgehead atoms. The zero-order chi connectivity index (χ0) is 28.6. The van der Waals surface area contributed by atoms with Crippen LogP contribution in [0.5, 0.6) is 5.75 Å². The number of ether oxygens (including phenoxy) is 3. The first-order chi connectivity index (χ1) is 20.7. The summed E-state index contributed by atoms with van der Waals surface area (Å²) >= 11 is 0. The molecule has 0 spiro atoms. The number of anilines is 1. The second-order valence-electron chi connectivity index (χ2n) is 10.6. The van der Waals surface area contributed by atoms with Crippen molar-refractivity contribution in [1.82, 2.24) is 4.90 Å². The number of benzene rings is 4. The highest BCUT2D eigenvalue weighted by Crippen LogP contribution is 2.33. The molecule has 0 radical (unpaired) electrons. The molecule has 1 N–H and O–H groups in total. The van der Waals surface area contributed by atoms with Crippen molar-refractivity contribution in [3.8, 4) is 5.75 Å². The molecule has 1 fully saturated rings. The number of rotatable bonds is 10. The number of morpholine rings is 1. The van der Waals surface area contributed by atoms with Crippen molar-refractivity contribution >= 4 is 22.4 Å². The van der Waals surface area contributed by atoms with Gasteiger partial charge in [-0.25, -0.2) is 0 Å². The summed E-state index contributed by atoms with van der Waals surface area (Å²) in [5, 5.41) is 5.07. The zero-order valence-electron chi connectivity index (χ0n) is 23.7. The largest absolute Gasteiger partial charge is 0.493 e. The number of hydrogen-bond donors (Lipinski definition) is 1. The van der Waals surface area contributed by atoms with E-state index in [1.807, 2.05) is 84.9 Å². The third-order valence-corrected chi connectivity index (χ3v) is 7.79. The summed E-state index contributed by atoms with van der Waals surface area (Å²) in [6, 6.07) is 30.0. The van der Waals surface area contributed by atoms with Crippen LogP contribution in [0, 0.1) is 0 Å². The maximum absolute atomic E-state index is 13.4. The average molecular weight is 561 g/mol. The fourth-order valence-corrected chi connectivity index (χ4v) is 5.46. The Morgan fingerprint density at radius 2 is 1.69 bits per heavy atom. The molecule has 1 unspecified atom stereocenters.